The summed E-state index contributed by atoms with van der Waals surface area (Å²) >= 11 is 0. The van der Waals surface area contributed by atoms with Crippen LogP contribution in [0.15, 0.2) is 11.4 Å². The zero-order valence-electron chi connectivity index (χ0n) is 4.85. The van der Waals surface area contributed by atoms with E-state index in [-0.39, 0.29) is 0 Å². The summed E-state index contributed by atoms with van der Waals surface area (Å²) in [6.07, 6.45) is 2.17. The molecule has 0 unspecified atom stereocenters. The van der Waals surface area contributed by atoms with Gasteiger partial charge in [-0.15, -0.1) is 0 Å². The van der Waals surface area contributed by atoms with Crippen molar-refractivity contribution >= 4 is 5.97 Å². The Morgan fingerprint density at radius 3 is 2.22 bits per heavy atom. The van der Waals surface area contributed by atoms with Gasteiger partial charge in [0, 0.05) is 0 Å². The molecule has 0 atom stereocenters. The van der Waals surface area contributed by atoms with Crippen LogP contribution in [0.3, 0.4) is 0 Å². The molecule has 0 aromatic carbocycles. The second-order valence-corrected chi connectivity index (χ2v) is 2.08. The number of carboxylic acid groups (broad SMARTS) is 1. The van der Waals surface area contributed by atoms with E-state index in [1.54, 1.807) is 0 Å². The molecule has 0 amide bonds. The number of allylic oxidation sites excluding steroid dienone is 1. The molecule has 1 aliphatic rings. The minimum atomic E-state index is -1.43. The predicted molar refractivity (Wildman–Crippen MR) is 29.6 cm³/mol. The molecule has 1 aliphatic carbocycles. The molecule has 1 N–H and O–H groups in total. The van der Waals surface area contributed by atoms with Crippen molar-refractivity contribution in [2.24, 2.45) is 0 Å². The summed E-state index contributed by atoms with van der Waals surface area (Å²) < 4.78 is 12.3. The van der Waals surface area contributed by atoms with E-state index in [9.17, 15) is 9.18 Å². The van der Waals surface area contributed by atoms with Crippen molar-refractivity contribution in [1.29, 1.82) is 0 Å². The van der Waals surface area contributed by atoms with Crippen molar-refractivity contribution in [3.05, 3.63) is 11.4 Å². The lowest BCUT2D eigenvalue weighted by Gasteiger charge is -2.15. The first-order valence-electron chi connectivity index (χ1n) is 2.82. The summed E-state index contributed by atoms with van der Waals surface area (Å²) in [6.45, 7) is 0. The smallest absolute Gasteiger partial charge is 0.364 e. The van der Waals surface area contributed by atoms with Gasteiger partial charge in [-0.1, -0.05) is 0 Å². The van der Waals surface area contributed by atoms with Gasteiger partial charge in [-0.05, 0) is 24.8 Å². The Hall–Kier alpha value is -0.860. The van der Waals surface area contributed by atoms with Crippen LogP contribution in [0.2, 0.25) is 0 Å². The second-order valence-electron chi connectivity index (χ2n) is 2.08. The minimum Gasteiger partial charge on any atom is -0.476 e. The Morgan fingerprint density at radius 1 is 1.56 bits per heavy atom. The predicted octanol–water partition coefficient (Wildman–Crippen LogP) is 1.48. The highest BCUT2D eigenvalue weighted by Crippen LogP contribution is 2.29. The Balaban J connectivity index is 2.67. The summed E-state index contributed by atoms with van der Waals surface area (Å²) in [5.41, 5.74) is 0.461. The molecular weight excluding hydrogens is 123 g/mol. The van der Waals surface area contributed by atoms with Crippen molar-refractivity contribution in [2.75, 3.05) is 0 Å². The topological polar surface area (TPSA) is 37.3 Å². The third-order valence-electron chi connectivity index (χ3n) is 1.46. The minimum absolute atomic E-state index is 0.461. The van der Waals surface area contributed by atoms with Crippen LogP contribution >= 0.6 is 0 Å². The van der Waals surface area contributed by atoms with E-state index in [0.29, 0.717) is 18.4 Å². The number of rotatable bonds is 1. The highest BCUT2D eigenvalue weighted by Gasteiger charge is 2.18. The summed E-state index contributed by atoms with van der Waals surface area (Å²) in [5.74, 6) is -2.37. The lowest BCUT2D eigenvalue weighted by Crippen LogP contribution is -2.06. The number of aliphatic carboxylic acids is 1. The molecule has 3 heteroatoms. The third-order valence-corrected chi connectivity index (χ3v) is 1.46. The van der Waals surface area contributed by atoms with E-state index in [2.05, 4.69) is 0 Å². The van der Waals surface area contributed by atoms with Gasteiger partial charge in [0.1, 0.15) is 0 Å². The number of halogens is 1. The van der Waals surface area contributed by atoms with Gasteiger partial charge < -0.3 is 5.11 Å². The molecular formula is C6H7FO2. The quantitative estimate of drug-likeness (QED) is 0.546. The van der Waals surface area contributed by atoms with Gasteiger partial charge >= 0.3 is 5.97 Å². The molecule has 9 heavy (non-hydrogen) atoms. The Bertz CT molecular complexity index is 166. The van der Waals surface area contributed by atoms with Crippen molar-refractivity contribution in [3.63, 3.8) is 0 Å². The van der Waals surface area contributed by atoms with Crippen LogP contribution < -0.4 is 0 Å². The molecule has 0 bridgehead atoms. The zero-order chi connectivity index (χ0) is 6.85. The number of carboxylic acids is 1. The Labute approximate surface area is 52.0 Å². The fourth-order valence-electron chi connectivity index (χ4n) is 0.724. The van der Waals surface area contributed by atoms with E-state index < -0.39 is 11.8 Å². The molecule has 0 aromatic rings. The molecule has 0 radical (unpaired) electrons. The van der Waals surface area contributed by atoms with Gasteiger partial charge in [-0.3, -0.25) is 0 Å². The lowest BCUT2D eigenvalue weighted by molar-refractivity contribution is -0.134. The van der Waals surface area contributed by atoms with Gasteiger partial charge in [0.15, 0.2) is 0 Å². The van der Waals surface area contributed by atoms with Crippen LogP contribution in [-0.4, -0.2) is 11.1 Å². The van der Waals surface area contributed by atoms with Crippen LogP contribution in [0.1, 0.15) is 19.3 Å². The van der Waals surface area contributed by atoms with Crippen LogP contribution in [0.4, 0.5) is 4.39 Å². The van der Waals surface area contributed by atoms with Crippen LogP contribution in [0, 0.1) is 0 Å². The first-order valence-corrected chi connectivity index (χ1v) is 2.82. The normalized spacial score (nSPS) is 16.8. The average molecular weight is 130 g/mol. The molecule has 0 spiro atoms. The lowest BCUT2D eigenvalue weighted by atomic mass is 9.92. The standard InChI is InChI=1S/C6H7FO2/c7-5(6(8)9)4-2-1-3-4/h1-3H2,(H,8,9). The van der Waals surface area contributed by atoms with Crippen molar-refractivity contribution < 1.29 is 14.3 Å². The summed E-state index contributed by atoms with van der Waals surface area (Å²) in [5, 5.41) is 8.08. The molecule has 0 heterocycles. The van der Waals surface area contributed by atoms with Gasteiger partial charge in [-0.2, -0.15) is 4.39 Å². The fraction of sp³-hybridized carbons (Fsp3) is 0.500. The van der Waals surface area contributed by atoms with Crippen molar-refractivity contribution in [1.82, 2.24) is 0 Å². The number of hydrogen-bond donors (Lipinski definition) is 1. The third kappa shape index (κ3) is 1.09. The van der Waals surface area contributed by atoms with Crippen LogP contribution in [-0.2, 0) is 4.79 Å². The SMILES string of the molecule is O=C(O)C(F)=C1CCC1. The maximum absolute atomic E-state index is 12.3. The fourth-order valence-corrected chi connectivity index (χ4v) is 0.724. The van der Waals surface area contributed by atoms with Crippen molar-refractivity contribution in [2.45, 2.75) is 19.3 Å². The molecule has 0 aromatic heterocycles. The second kappa shape index (κ2) is 2.17. The van der Waals surface area contributed by atoms with E-state index in [1.165, 1.54) is 0 Å². The molecule has 0 aliphatic heterocycles. The molecule has 1 fully saturated rings. The molecule has 1 rings (SSSR count). The summed E-state index contributed by atoms with van der Waals surface area (Å²) in [4.78, 5) is 9.90. The number of hydrogen-bond acceptors (Lipinski definition) is 1. The summed E-state index contributed by atoms with van der Waals surface area (Å²) in [6, 6.07) is 0. The van der Waals surface area contributed by atoms with Gasteiger partial charge in [0.25, 0.3) is 0 Å². The first kappa shape index (κ1) is 6.26. The average Bonchev–Trinajstić information content (AvgIpc) is 1.60. The Kier molecular flexibility index (Phi) is 1.51. The molecule has 1 saturated carbocycles. The van der Waals surface area contributed by atoms with Gasteiger partial charge in [0.05, 0.1) is 0 Å². The van der Waals surface area contributed by atoms with E-state index >= 15 is 0 Å². The van der Waals surface area contributed by atoms with E-state index in [4.69, 9.17) is 5.11 Å². The highest BCUT2D eigenvalue weighted by atomic mass is 19.1. The Morgan fingerprint density at radius 2 is 2.11 bits per heavy atom. The summed E-state index contributed by atoms with van der Waals surface area (Å²) in [7, 11) is 0. The van der Waals surface area contributed by atoms with Crippen molar-refractivity contribution in [3.8, 4) is 0 Å². The molecule has 50 valence electrons. The first-order chi connectivity index (χ1) is 4.22. The molecule has 2 nitrogen and oxygen atoms in total. The number of carbonyl (C=O) groups is 1. The van der Waals surface area contributed by atoms with Gasteiger partial charge in [-0.25, -0.2) is 4.79 Å². The van der Waals surface area contributed by atoms with Gasteiger partial charge in [0.2, 0.25) is 5.83 Å². The highest BCUT2D eigenvalue weighted by molar-refractivity contribution is 5.85. The maximum Gasteiger partial charge on any atom is 0.364 e. The zero-order valence-corrected chi connectivity index (χ0v) is 4.85. The largest absolute Gasteiger partial charge is 0.476 e. The maximum atomic E-state index is 12.3. The van der Waals surface area contributed by atoms with E-state index in [0.717, 1.165) is 6.42 Å². The van der Waals surface area contributed by atoms with Crippen LogP contribution in [0.25, 0.3) is 0 Å². The van der Waals surface area contributed by atoms with E-state index in [1.807, 2.05) is 0 Å². The van der Waals surface area contributed by atoms with Crippen LogP contribution in [0.5, 0.6) is 0 Å². The molecule has 0 saturated heterocycles. The monoisotopic (exact) mass is 130 g/mol.